The number of hydrogen-bond acceptors (Lipinski definition) is 5. The third-order valence-electron chi connectivity index (χ3n) is 3.94. The zero-order valence-corrected chi connectivity index (χ0v) is 20.4. The lowest BCUT2D eigenvalue weighted by molar-refractivity contribution is 0.145. The molecule has 0 aliphatic rings. The van der Waals surface area contributed by atoms with E-state index < -0.39 is 0 Å². The average molecular weight is 518 g/mol. The first-order chi connectivity index (χ1) is 13.0. The molecular formula is C20H31IN4O2S. The number of nitrogens with zero attached hydrogens (tertiary/aromatic N) is 2. The molecule has 6 nitrogen and oxygen atoms in total. The molecule has 1 aromatic heterocycles. The van der Waals surface area contributed by atoms with Crippen LogP contribution in [-0.2, 0) is 17.8 Å². The highest BCUT2D eigenvalue weighted by molar-refractivity contribution is 14.0. The number of hydrogen-bond donors (Lipinski definition) is 2. The molecule has 2 aromatic rings. The summed E-state index contributed by atoms with van der Waals surface area (Å²) >= 11 is 1.72. The molecule has 2 N–H and O–H groups in total. The van der Waals surface area contributed by atoms with Crippen molar-refractivity contribution < 1.29 is 9.47 Å². The fourth-order valence-corrected chi connectivity index (χ4v) is 3.45. The summed E-state index contributed by atoms with van der Waals surface area (Å²) in [6, 6.07) is 6.20. The Balaban J connectivity index is 0.00000392. The first kappa shape index (κ1) is 24.6. The minimum absolute atomic E-state index is 0. The Bertz CT molecular complexity index is 765. The van der Waals surface area contributed by atoms with E-state index in [4.69, 9.17) is 14.5 Å². The second kappa shape index (κ2) is 12.9. The number of rotatable bonds is 9. The van der Waals surface area contributed by atoms with E-state index in [9.17, 15) is 0 Å². The lowest BCUT2D eigenvalue weighted by atomic mass is 10.1. The van der Waals surface area contributed by atoms with E-state index in [1.807, 2.05) is 19.9 Å². The number of benzene rings is 1. The highest BCUT2D eigenvalue weighted by Gasteiger charge is 2.07. The Kier molecular flexibility index (Phi) is 11.4. The van der Waals surface area contributed by atoms with Crippen molar-refractivity contribution in [1.82, 2.24) is 15.6 Å². The molecule has 0 saturated heterocycles. The van der Waals surface area contributed by atoms with Gasteiger partial charge in [0.05, 0.1) is 30.4 Å². The molecule has 0 spiro atoms. The summed E-state index contributed by atoms with van der Waals surface area (Å²) in [5.74, 6) is 1.65. The Morgan fingerprint density at radius 3 is 2.61 bits per heavy atom. The topological polar surface area (TPSA) is 67.8 Å². The molecule has 0 atom stereocenters. The minimum atomic E-state index is 0. The van der Waals surface area contributed by atoms with E-state index in [1.54, 1.807) is 18.4 Å². The van der Waals surface area contributed by atoms with Crippen LogP contribution in [0.2, 0.25) is 0 Å². The smallest absolute Gasteiger partial charge is 0.191 e. The van der Waals surface area contributed by atoms with Gasteiger partial charge in [-0.25, -0.2) is 9.98 Å². The predicted molar refractivity (Wildman–Crippen MR) is 127 cm³/mol. The first-order valence-corrected chi connectivity index (χ1v) is 10.0. The Morgan fingerprint density at radius 2 is 1.96 bits per heavy atom. The van der Waals surface area contributed by atoms with Crippen molar-refractivity contribution in [2.75, 3.05) is 26.9 Å². The summed E-state index contributed by atoms with van der Waals surface area (Å²) in [4.78, 5) is 10.4. The molecule has 8 heteroatoms. The van der Waals surface area contributed by atoms with Crippen molar-refractivity contribution in [3.05, 3.63) is 44.9 Å². The maximum Gasteiger partial charge on any atom is 0.191 e. The van der Waals surface area contributed by atoms with Gasteiger partial charge >= 0.3 is 0 Å². The quantitative estimate of drug-likeness (QED) is 0.228. The molecule has 2 rings (SSSR count). The fraction of sp³-hybridized carbons (Fsp3) is 0.500. The summed E-state index contributed by atoms with van der Waals surface area (Å²) in [7, 11) is 1.67. The van der Waals surface area contributed by atoms with Crippen LogP contribution in [0.3, 0.4) is 0 Å². The number of aryl methyl sites for hydroxylation is 3. The zero-order valence-electron chi connectivity index (χ0n) is 17.3. The van der Waals surface area contributed by atoms with Gasteiger partial charge in [-0.3, -0.25) is 0 Å². The second-order valence-electron chi connectivity index (χ2n) is 6.24. The Hall–Kier alpha value is -1.39. The standard InChI is InChI=1S/C20H30N4O2S.HI/c1-6-21-20(23-13-19-15(3)24-16(4)27-19)22-12-17-8-7-14(2)11-18(17)26-10-9-25-5;/h7-8,11H,6,9-10,12-13H2,1-5H3,(H2,21,22,23);1H. The molecule has 0 fully saturated rings. The molecule has 0 bridgehead atoms. The van der Waals surface area contributed by atoms with Crippen LogP contribution in [0.15, 0.2) is 23.2 Å². The van der Waals surface area contributed by atoms with E-state index >= 15 is 0 Å². The molecule has 0 aliphatic heterocycles. The van der Waals surface area contributed by atoms with Crippen LogP contribution in [0, 0.1) is 20.8 Å². The summed E-state index contributed by atoms with van der Waals surface area (Å²) < 4.78 is 10.9. The van der Waals surface area contributed by atoms with Crippen LogP contribution in [-0.4, -0.2) is 37.8 Å². The first-order valence-electron chi connectivity index (χ1n) is 9.19. The van der Waals surface area contributed by atoms with Gasteiger partial charge in [-0.2, -0.15) is 0 Å². The van der Waals surface area contributed by atoms with Crippen molar-refractivity contribution in [1.29, 1.82) is 0 Å². The van der Waals surface area contributed by atoms with Gasteiger partial charge in [-0.1, -0.05) is 12.1 Å². The highest BCUT2D eigenvalue weighted by atomic mass is 127. The third kappa shape index (κ3) is 7.92. The van der Waals surface area contributed by atoms with Crippen LogP contribution in [0.5, 0.6) is 5.75 Å². The maximum atomic E-state index is 5.86. The van der Waals surface area contributed by atoms with Crippen molar-refractivity contribution >= 4 is 41.3 Å². The molecule has 1 aromatic carbocycles. The summed E-state index contributed by atoms with van der Waals surface area (Å²) in [6.45, 7) is 11.3. The van der Waals surface area contributed by atoms with Crippen LogP contribution < -0.4 is 15.4 Å². The van der Waals surface area contributed by atoms with Crippen molar-refractivity contribution in [2.24, 2.45) is 4.99 Å². The van der Waals surface area contributed by atoms with Crippen LogP contribution in [0.4, 0.5) is 0 Å². The molecule has 1 heterocycles. The molecule has 28 heavy (non-hydrogen) atoms. The molecular weight excluding hydrogens is 487 g/mol. The van der Waals surface area contributed by atoms with Gasteiger partial charge in [0.25, 0.3) is 0 Å². The second-order valence-corrected chi connectivity index (χ2v) is 7.53. The highest BCUT2D eigenvalue weighted by Crippen LogP contribution is 2.21. The van der Waals surface area contributed by atoms with Gasteiger partial charge in [-0.15, -0.1) is 35.3 Å². The molecule has 0 radical (unpaired) electrons. The van der Waals surface area contributed by atoms with Crippen molar-refractivity contribution in [2.45, 2.75) is 40.8 Å². The number of aliphatic imine (C=N–C) groups is 1. The minimum Gasteiger partial charge on any atom is -0.491 e. The predicted octanol–water partition coefficient (Wildman–Crippen LogP) is 3.97. The summed E-state index contributed by atoms with van der Waals surface area (Å²) in [5.41, 5.74) is 3.29. The number of aromatic nitrogens is 1. The maximum absolute atomic E-state index is 5.86. The van der Waals surface area contributed by atoms with E-state index in [0.29, 0.717) is 26.3 Å². The molecule has 0 saturated carbocycles. The monoisotopic (exact) mass is 518 g/mol. The molecule has 0 unspecified atom stereocenters. The number of methoxy groups -OCH3 is 1. The van der Waals surface area contributed by atoms with Crippen LogP contribution >= 0.6 is 35.3 Å². The molecule has 0 aliphatic carbocycles. The van der Waals surface area contributed by atoms with Gasteiger partial charge in [0.15, 0.2) is 5.96 Å². The number of thiazole rings is 1. The zero-order chi connectivity index (χ0) is 19.6. The van der Waals surface area contributed by atoms with Crippen molar-refractivity contribution in [3.63, 3.8) is 0 Å². The van der Waals surface area contributed by atoms with Gasteiger partial charge in [-0.05, 0) is 39.3 Å². The number of guanidine groups is 1. The lowest BCUT2D eigenvalue weighted by Gasteiger charge is -2.13. The van der Waals surface area contributed by atoms with E-state index in [-0.39, 0.29) is 24.0 Å². The van der Waals surface area contributed by atoms with Gasteiger partial charge in [0.1, 0.15) is 12.4 Å². The van der Waals surface area contributed by atoms with Gasteiger partial charge < -0.3 is 20.1 Å². The Morgan fingerprint density at radius 1 is 1.18 bits per heavy atom. The normalized spacial score (nSPS) is 11.1. The summed E-state index contributed by atoms with van der Waals surface area (Å²) in [5, 5.41) is 7.77. The number of ether oxygens (including phenoxy) is 2. The van der Waals surface area contributed by atoms with Gasteiger partial charge in [0.2, 0.25) is 0 Å². The third-order valence-corrected chi connectivity index (χ3v) is 5.01. The fourth-order valence-electron chi connectivity index (χ4n) is 2.57. The van der Waals surface area contributed by atoms with E-state index in [1.165, 1.54) is 4.88 Å². The number of nitrogens with one attached hydrogen (secondary N) is 2. The molecule has 0 amide bonds. The SMILES string of the molecule is CCNC(=NCc1ccc(C)cc1OCCOC)NCc1sc(C)nc1C.I. The van der Waals surface area contributed by atoms with Gasteiger partial charge in [0, 0.05) is 24.1 Å². The number of halogens is 1. The van der Waals surface area contributed by atoms with E-state index in [2.05, 4.69) is 41.6 Å². The van der Waals surface area contributed by atoms with Crippen molar-refractivity contribution in [3.8, 4) is 5.75 Å². The largest absolute Gasteiger partial charge is 0.491 e. The lowest BCUT2D eigenvalue weighted by Crippen LogP contribution is -2.36. The van der Waals surface area contributed by atoms with Crippen LogP contribution in [0.1, 0.15) is 33.6 Å². The van der Waals surface area contributed by atoms with Crippen LogP contribution in [0.25, 0.3) is 0 Å². The summed E-state index contributed by atoms with van der Waals surface area (Å²) in [6.07, 6.45) is 0. The van der Waals surface area contributed by atoms with E-state index in [0.717, 1.165) is 40.1 Å². The average Bonchev–Trinajstić information content (AvgIpc) is 2.96. The Labute approximate surface area is 189 Å². The molecule has 156 valence electrons.